The molecule has 0 heterocycles. The van der Waals surface area contributed by atoms with Gasteiger partial charge in [-0.2, -0.15) is 0 Å². The van der Waals surface area contributed by atoms with E-state index >= 15 is 0 Å². The number of nitrogens with zero attached hydrogens (tertiary/aromatic N) is 1. The van der Waals surface area contributed by atoms with Gasteiger partial charge in [0.25, 0.3) is 11.6 Å². The summed E-state index contributed by atoms with van der Waals surface area (Å²) in [6, 6.07) is 10.0. The number of rotatable bonds is 6. The van der Waals surface area contributed by atoms with E-state index in [0.29, 0.717) is 5.02 Å². The highest BCUT2D eigenvalue weighted by Gasteiger charge is 2.17. The van der Waals surface area contributed by atoms with Gasteiger partial charge in [-0.25, -0.2) is 4.79 Å². The van der Waals surface area contributed by atoms with E-state index in [1.54, 1.807) is 31.2 Å². The first-order valence-corrected chi connectivity index (χ1v) is 7.91. The highest BCUT2D eigenvalue weighted by atomic mass is 35.5. The van der Waals surface area contributed by atoms with Gasteiger partial charge >= 0.3 is 5.97 Å². The lowest BCUT2D eigenvalue weighted by atomic mass is 10.1. The highest BCUT2D eigenvalue weighted by molar-refractivity contribution is 6.30. The summed E-state index contributed by atoms with van der Waals surface area (Å²) < 4.78 is 4.90. The molecule has 8 nitrogen and oxygen atoms in total. The van der Waals surface area contributed by atoms with Crippen LogP contribution in [0.1, 0.15) is 28.9 Å². The Morgan fingerprint density at radius 2 is 1.92 bits per heavy atom. The molecule has 0 aliphatic heterocycles. The maximum absolute atomic E-state index is 12.0. The molecule has 1 atom stereocenters. The van der Waals surface area contributed by atoms with Gasteiger partial charge in [0.15, 0.2) is 6.61 Å². The van der Waals surface area contributed by atoms with Gasteiger partial charge in [0.05, 0.1) is 22.2 Å². The summed E-state index contributed by atoms with van der Waals surface area (Å²) in [6.07, 6.45) is 0. The van der Waals surface area contributed by atoms with Crippen LogP contribution in [0.15, 0.2) is 42.5 Å². The van der Waals surface area contributed by atoms with Crippen LogP contribution in [0.3, 0.4) is 0 Å². The topological polar surface area (TPSA) is 125 Å². The number of nitrogens with one attached hydrogen (secondary N) is 1. The predicted molar refractivity (Wildman–Crippen MR) is 95.8 cm³/mol. The molecular formula is C17H16ClN3O5. The monoisotopic (exact) mass is 377 g/mol. The number of hydrogen-bond donors (Lipinski definition) is 2. The van der Waals surface area contributed by atoms with E-state index in [-0.39, 0.29) is 23.0 Å². The van der Waals surface area contributed by atoms with Crippen LogP contribution in [-0.4, -0.2) is 23.4 Å². The molecule has 0 spiro atoms. The number of ether oxygens (including phenoxy) is 1. The van der Waals surface area contributed by atoms with E-state index in [2.05, 4.69) is 5.32 Å². The molecule has 136 valence electrons. The van der Waals surface area contributed by atoms with Gasteiger partial charge in [-0.05, 0) is 30.7 Å². The minimum absolute atomic E-state index is 0.0471. The molecule has 0 fully saturated rings. The van der Waals surface area contributed by atoms with Crippen molar-refractivity contribution in [3.05, 3.63) is 68.7 Å². The maximum Gasteiger partial charge on any atom is 0.340 e. The van der Waals surface area contributed by atoms with Crippen molar-refractivity contribution >= 4 is 34.9 Å². The largest absolute Gasteiger partial charge is 0.452 e. The third kappa shape index (κ3) is 4.93. The molecule has 0 unspecified atom stereocenters. The summed E-state index contributed by atoms with van der Waals surface area (Å²) in [5.41, 5.74) is 6.07. The van der Waals surface area contributed by atoms with Crippen molar-refractivity contribution in [2.24, 2.45) is 0 Å². The van der Waals surface area contributed by atoms with Gasteiger partial charge in [0.2, 0.25) is 0 Å². The molecule has 3 N–H and O–H groups in total. The maximum atomic E-state index is 12.0. The molecule has 26 heavy (non-hydrogen) atoms. The van der Waals surface area contributed by atoms with Crippen LogP contribution in [0.4, 0.5) is 11.4 Å². The molecular weight excluding hydrogens is 362 g/mol. The molecule has 1 amide bonds. The van der Waals surface area contributed by atoms with E-state index in [1.807, 2.05) is 0 Å². The molecule has 0 saturated carbocycles. The van der Waals surface area contributed by atoms with Gasteiger partial charge < -0.3 is 15.8 Å². The number of hydrogen-bond acceptors (Lipinski definition) is 6. The number of nitro groups is 1. The normalized spacial score (nSPS) is 11.5. The second-order valence-corrected chi connectivity index (χ2v) is 5.88. The summed E-state index contributed by atoms with van der Waals surface area (Å²) in [4.78, 5) is 33.9. The first kappa shape index (κ1) is 19.2. The highest BCUT2D eigenvalue weighted by Crippen LogP contribution is 2.20. The fourth-order valence-corrected chi connectivity index (χ4v) is 2.30. The minimum atomic E-state index is -0.841. The smallest absolute Gasteiger partial charge is 0.340 e. The first-order chi connectivity index (χ1) is 12.3. The van der Waals surface area contributed by atoms with Crippen LogP contribution in [0.25, 0.3) is 0 Å². The number of carbonyl (C=O) groups excluding carboxylic acids is 2. The SMILES string of the molecule is C[C@@H](NC(=O)COC(=O)c1ccc([N+](=O)[O-])cc1N)c1ccc(Cl)cc1. The molecule has 0 radical (unpaired) electrons. The van der Waals surface area contributed by atoms with Crippen LogP contribution in [-0.2, 0) is 9.53 Å². The molecule has 0 bridgehead atoms. The number of halogens is 1. The molecule has 0 aliphatic rings. The molecule has 0 aromatic heterocycles. The van der Waals surface area contributed by atoms with E-state index in [1.165, 1.54) is 6.07 Å². The standard InChI is InChI=1S/C17H16ClN3O5/c1-10(11-2-4-12(18)5-3-11)20-16(22)9-26-17(23)14-7-6-13(21(24)25)8-15(14)19/h2-8,10H,9,19H2,1H3,(H,20,22)/t10-/m1/s1. The van der Waals surface area contributed by atoms with Crippen LogP contribution in [0.2, 0.25) is 5.02 Å². The lowest BCUT2D eigenvalue weighted by Crippen LogP contribution is -2.31. The Kier molecular flexibility index (Phi) is 6.13. The lowest BCUT2D eigenvalue weighted by Gasteiger charge is -2.14. The lowest BCUT2D eigenvalue weighted by molar-refractivity contribution is -0.384. The number of nitrogen functional groups attached to an aromatic ring is 1. The van der Waals surface area contributed by atoms with Crippen molar-refractivity contribution in [2.45, 2.75) is 13.0 Å². The number of non-ortho nitro benzene ring substituents is 1. The zero-order valence-corrected chi connectivity index (χ0v) is 14.5. The van der Waals surface area contributed by atoms with Crippen molar-refractivity contribution in [2.75, 3.05) is 12.3 Å². The van der Waals surface area contributed by atoms with Gasteiger partial charge in [-0.15, -0.1) is 0 Å². The second-order valence-electron chi connectivity index (χ2n) is 5.45. The number of anilines is 1. The van der Waals surface area contributed by atoms with E-state index in [9.17, 15) is 19.7 Å². The average molecular weight is 378 g/mol. The van der Waals surface area contributed by atoms with Crippen LogP contribution in [0, 0.1) is 10.1 Å². The van der Waals surface area contributed by atoms with Crippen molar-refractivity contribution < 1.29 is 19.2 Å². The van der Waals surface area contributed by atoms with Gasteiger partial charge in [0, 0.05) is 17.2 Å². The average Bonchev–Trinajstić information content (AvgIpc) is 2.60. The van der Waals surface area contributed by atoms with E-state index in [0.717, 1.165) is 17.7 Å². The summed E-state index contributed by atoms with van der Waals surface area (Å²) in [5.74, 6) is -1.34. The van der Waals surface area contributed by atoms with Crippen LogP contribution >= 0.6 is 11.6 Å². The quantitative estimate of drug-likeness (QED) is 0.345. The number of carbonyl (C=O) groups is 2. The van der Waals surface area contributed by atoms with Crippen LogP contribution < -0.4 is 11.1 Å². The fraction of sp³-hybridized carbons (Fsp3) is 0.176. The molecule has 9 heteroatoms. The molecule has 2 aromatic carbocycles. The van der Waals surface area contributed by atoms with E-state index < -0.39 is 23.4 Å². The second kappa shape index (κ2) is 8.30. The third-order valence-corrected chi connectivity index (χ3v) is 3.80. The van der Waals surface area contributed by atoms with Crippen LogP contribution in [0.5, 0.6) is 0 Å². The Balaban J connectivity index is 1.91. The molecule has 0 aliphatic carbocycles. The van der Waals surface area contributed by atoms with Crippen molar-refractivity contribution in [3.63, 3.8) is 0 Å². The molecule has 2 aromatic rings. The number of nitro benzene ring substituents is 1. The zero-order chi connectivity index (χ0) is 19.3. The number of esters is 1. The Morgan fingerprint density at radius 3 is 2.50 bits per heavy atom. The number of benzene rings is 2. The first-order valence-electron chi connectivity index (χ1n) is 7.54. The van der Waals surface area contributed by atoms with Gasteiger partial charge in [-0.1, -0.05) is 23.7 Å². The Hall–Kier alpha value is -3.13. The Labute approximate surface area is 154 Å². The fourth-order valence-electron chi connectivity index (χ4n) is 2.18. The molecule has 2 rings (SSSR count). The van der Waals surface area contributed by atoms with Gasteiger partial charge in [-0.3, -0.25) is 14.9 Å². The summed E-state index contributed by atoms with van der Waals surface area (Å²) in [6.45, 7) is 1.27. The summed E-state index contributed by atoms with van der Waals surface area (Å²) in [7, 11) is 0. The molecule has 0 saturated heterocycles. The Morgan fingerprint density at radius 1 is 1.27 bits per heavy atom. The van der Waals surface area contributed by atoms with Crippen molar-refractivity contribution in [1.29, 1.82) is 0 Å². The van der Waals surface area contributed by atoms with Crippen molar-refractivity contribution in [3.8, 4) is 0 Å². The summed E-state index contributed by atoms with van der Waals surface area (Å²) >= 11 is 5.81. The summed E-state index contributed by atoms with van der Waals surface area (Å²) in [5, 5.41) is 13.9. The minimum Gasteiger partial charge on any atom is -0.452 e. The number of nitrogens with two attached hydrogens (primary N) is 1. The predicted octanol–water partition coefficient (Wildman–Crippen LogP) is 2.86. The number of amides is 1. The third-order valence-electron chi connectivity index (χ3n) is 3.55. The van der Waals surface area contributed by atoms with Gasteiger partial charge in [0.1, 0.15) is 0 Å². The van der Waals surface area contributed by atoms with Crippen molar-refractivity contribution in [1.82, 2.24) is 5.32 Å². The van der Waals surface area contributed by atoms with E-state index in [4.69, 9.17) is 22.1 Å². The Bertz CT molecular complexity index is 839. The zero-order valence-electron chi connectivity index (χ0n) is 13.8.